The number of rotatable bonds is 4. The molecule has 1 N–H and O–H groups in total. The Bertz CT molecular complexity index is 888. The largest absolute Gasteiger partial charge is 0.768 e. The molecule has 2 heterocycles. The number of fused-ring (bicyclic) bond motifs is 1. The van der Waals surface area contributed by atoms with Crippen molar-refractivity contribution in [1.82, 2.24) is 9.61 Å². The molecular formula is C15H11N2O4S-. The molecule has 0 saturated heterocycles. The lowest BCUT2D eigenvalue weighted by Crippen LogP contribution is -1.99. The summed E-state index contributed by atoms with van der Waals surface area (Å²) in [6.45, 7) is 0. The molecule has 0 aliphatic heterocycles. The number of carbonyl (C=O) groups is 1. The Labute approximate surface area is 128 Å². The summed E-state index contributed by atoms with van der Waals surface area (Å²) in [6.07, 6.45) is 3.05. The van der Waals surface area contributed by atoms with Gasteiger partial charge in [-0.15, -0.1) is 0 Å². The standard InChI is InChI=1S/C15H12N2O4S/c18-15(19)8-11-9-16-17-6-5-10(7-13(11)17)12-3-1-2-4-14(12)22(20)21/h1-7,9H,8H2,(H,18,19)(H,20,21)/p-1. The average Bonchev–Trinajstić information content (AvgIpc) is 2.89. The molecule has 0 saturated carbocycles. The minimum Gasteiger partial charge on any atom is -0.768 e. The van der Waals surface area contributed by atoms with E-state index in [1.54, 1.807) is 41.0 Å². The molecule has 22 heavy (non-hydrogen) atoms. The van der Waals surface area contributed by atoms with Gasteiger partial charge >= 0.3 is 5.97 Å². The van der Waals surface area contributed by atoms with Gasteiger partial charge in [-0.3, -0.25) is 9.00 Å². The van der Waals surface area contributed by atoms with Gasteiger partial charge in [-0.2, -0.15) is 5.10 Å². The van der Waals surface area contributed by atoms with Crippen LogP contribution in [0.2, 0.25) is 0 Å². The Morgan fingerprint density at radius 1 is 1.32 bits per heavy atom. The molecule has 0 spiro atoms. The van der Waals surface area contributed by atoms with Crippen LogP contribution in [-0.4, -0.2) is 29.5 Å². The van der Waals surface area contributed by atoms with E-state index in [1.165, 1.54) is 12.3 Å². The molecule has 6 nitrogen and oxygen atoms in total. The van der Waals surface area contributed by atoms with Crippen molar-refractivity contribution >= 4 is 22.6 Å². The summed E-state index contributed by atoms with van der Waals surface area (Å²) in [4.78, 5) is 11.1. The number of nitrogens with zero attached hydrogens (tertiary/aromatic N) is 2. The molecule has 0 aliphatic rings. The first-order chi connectivity index (χ1) is 10.6. The minimum atomic E-state index is -2.35. The monoisotopic (exact) mass is 315 g/mol. The van der Waals surface area contributed by atoms with Gasteiger partial charge in [-0.1, -0.05) is 18.2 Å². The van der Waals surface area contributed by atoms with Crippen molar-refractivity contribution in [2.45, 2.75) is 11.3 Å². The topological polar surface area (TPSA) is 94.7 Å². The Kier molecular flexibility index (Phi) is 3.74. The molecule has 2 aromatic heterocycles. The fourth-order valence-electron chi connectivity index (χ4n) is 2.35. The van der Waals surface area contributed by atoms with E-state index < -0.39 is 17.0 Å². The number of benzene rings is 1. The number of pyridine rings is 1. The van der Waals surface area contributed by atoms with Crippen molar-refractivity contribution in [3.8, 4) is 11.1 Å². The smallest absolute Gasteiger partial charge is 0.307 e. The summed E-state index contributed by atoms with van der Waals surface area (Å²) >= 11 is -2.35. The van der Waals surface area contributed by atoms with Gasteiger partial charge < -0.3 is 9.66 Å². The number of carboxylic acids is 1. The summed E-state index contributed by atoms with van der Waals surface area (Å²) in [5.41, 5.74) is 2.49. The number of hydrogen-bond acceptors (Lipinski definition) is 4. The van der Waals surface area contributed by atoms with Crippen LogP contribution >= 0.6 is 0 Å². The maximum Gasteiger partial charge on any atom is 0.307 e. The third-order valence-corrected chi connectivity index (χ3v) is 4.04. The minimum absolute atomic E-state index is 0.137. The molecular weight excluding hydrogens is 304 g/mol. The van der Waals surface area contributed by atoms with Crippen LogP contribution in [0.3, 0.4) is 0 Å². The fourth-order valence-corrected chi connectivity index (χ4v) is 2.90. The van der Waals surface area contributed by atoms with Crippen molar-refractivity contribution in [3.05, 3.63) is 54.4 Å². The fraction of sp³-hybridized carbons (Fsp3) is 0.0667. The highest BCUT2D eigenvalue weighted by molar-refractivity contribution is 7.79. The molecule has 3 rings (SSSR count). The SMILES string of the molecule is O=C(O)Cc1cnn2ccc(-c3ccccc3S(=O)[O-])cc12. The highest BCUT2D eigenvalue weighted by Gasteiger charge is 2.11. The summed E-state index contributed by atoms with van der Waals surface area (Å²) in [5, 5.41) is 13.0. The first kappa shape index (κ1) is 14.4. The maximum absolute atomic E-state index is 11.3. The molecule has 1 atom stereocenters. The van der Waals surface area contributed by atoms with Gasteiger partial charge in [-0.25, -0.2) is 4.52 Å². The van der Waals surface area contributed by atoms with Crippen LogP contribution in [0.25, 0.3) is 16.6 Å². The molecule has 1 aromatic carbocycles. The Morgan fingerprint density at radius 2 is 2.09 bits per heavy atom. The number of aromatic nitrogens is 2. The second kappa shape index (κ2) is 5.70. The average molecular weight is 315 g/mol. The molecule has 3 aromatic rings. The van der Waals surface area contributed by atoms with Gasteiger partial charge in [0.2, 0.25) is 0 Å². The molecule has 7 heteroatoms. The second-order valence-electron chi connectivity index (χ2n) is 4.72. The van der Waals surface area contributed by atoms with Crippen LogP contribution in [0, 0.1) is 0 Å². The van der Waals surface area contributed by atoms with Gasteiger partial charge in [0.1, 0.15) is 0 Å². The van der Waals surface area contributed by atoms with Crippen molar-refractivity contribution in [2.75, 3.05) is 0 Å². The van der Waals surface area contributed by atoms with Gasteiger partial charge in [0.05, 0.1) is 18.1 Å². The van der Waals surface area contributed by atoms with Crippen LogP contribution < -0.4 is 0 Å². The summed E-state index contributed by atoms with van der Waals surface area (Å²) < 4.78 is 24.2. The van der Waals surface area contributed by atoms with Gasteiger partial charge in [0, 0.05) is 16.7 Å². The van der Waals surface area contributed by atoms with Gasteiger partial charge in [-0.05, 0) is 40.4 Å². The lowest BCUT2D eigenvalue weighted by atomic mass is 10.1. The van der Waals surface area contributed by atoms with E-state index in [-0.39, 0.29) is 11.3 Å². The first-order valence-corrected chi connectivity index (χ1v) is 7.50. The second-order valence-corrected chi connectivity index (χ2v) is 5.63. The van der Waals surface area contributed by atoms with E-state index >= 15 is 0 Å². The zero-order valence-electron chi connectivity index (χ0n) is 11.3. The molecule has 0 aliphatic carbocycles. The van der Waals surface area contributed by atoms with Crippen molar-refractivity contribution in [2.24, 2.45) is 0 Å². The number of hydrogen-bond donors (Lipinski definition) is 1. The van der Waals surface area contributed by atoms with Crippen LogP contribution in [-0.2, 0) is 22.3 Å². The van der Waals surface area contributed by atoms with E-state index in [9.17, 15) is 13.6 Å². The normalized spacial score (nSPS) is 12.4. The predicted molar refractivity (Wildman–Crippen MR) is 79.2 cm³/mol. The van der Waals surface area contributed by atoms with E-state index in [0.29, 0.717) is 22.2 Å². The molecule has 112 valence electrons. The Morgan fingerprint density at radius 3 is 2.82 bits per heavy atom. The van der Waals surface area contributed by atoms with Gasteiger partial charge in [0.15, 0.2) is 0 Å². The van der Waals surface area contributed by atoms with Crippen LogP contribution in [0.15, 0.2) is 53.7 Å². The third-order valence-electron chi connectivity index (χ3n) is 3.32. The van der Waals surface area contributed by atoms with Crippen LogP contribution in [0.4, 0.5) is 0 Å². The van der Waals surface area contributed by atoms with E-state index in [2.05, 4.69) is 5.10 Å². The lowest BCUT2D eigenvalue weighted by molar-refractivity contribution is -0.136. The summed E-state index contributed by atoms with van der Waals surface area (Å²) in [7, 11) is 0. The number of carboxylic acid groups (broad SMARTS) is 1. The highest BCUT2D eigenvalue weighted by Crippen LogP contribution is 2.27. The van der Waals surface area contributed by atoms with E-state index in [1.807, 2.05) is 0 Å². The predicted octanol–water partition coefficient (Wildman–Crippen LogP) is 1.87. The van der Waals surface area contributed by atoms with Crippen LogP contribution in [0.5, 0.6) is 0 Å². The summed E-state index contributed by atoms with van der Waals surface area (Å²) in [6, 6.07) is 10.1. The zero-order chi connectivity index (χ0) is 15.7. The van der Waals surface area contributed by atoms with E-state index in [0.717, 1.165) is 0 Å². The zero-order valence-corrected chi connectivity index (χ0v) is 12.1. The Hall–Kier alpha value is -2.51. The summed E-state index contributed by atoms with van der Waals surface area (Å²) in [5.74, 6) is -0.943. The highest BCUT2D eigenvalue weighted by atomic mass is 32.2. The molecule has 0 bridgehead atoms. The quantitative estimate of drug-likeness (QED) is 0.742. The van der Waals surface area contributed by atoms with Crippen molar-refractivity contribution in [3.63, 3.8) is 0 Å². The van der Waals surface area contributed by atoms with Crippen molar-refractivity contribution < 1.29 is 18.7 Å². The van der Waals surface area contributed by atoms with E-state index in [4.69, 9.17) is 5.11 Å². The van der Waals surface area contributed by atoms with Gasteiger partial charge in [0.25, 0.3) is 0 Å². The van der Waals surface area contributed by atoms with Crippen LogP contribution in [0.1, 0.15) is 5.56 Å². The van der Waals surface area contributed by atoms with Crippen molar-refractivity contribution in [1.29, 1.82) is 0 Å². The first-order valence-electron chi connectivity index (χ1n) is 6.43. The molecule has 1 unspecified atom stereocenters. The maximum atomic E-state index is 11.3. The molecule has 0 radical (unpaired) electrons. The number of aliphatic carboxylic acids is 1. The molecule has 0 fully saturated rings. The molecule has 0 amide bonds. The third kappa shape index (κ3) is 2.63. The Balaban J connectivity index is 2.16. The lowest BCUT2D eigenvalue weighted by Gasteiger charge is -2.12.